The third kappa shape index (κ3) is 4.46. The molecule has 0 saturated heterocycles. The van der Waals surface area contributed by atoms with Crippen molar-refractivity contribution in [2.45, 2.75) is 32.9 Å². The number of aromatic nitrogens is 3. The summed E-state index contributed by atoms with van der Waals surface area (Å²) < 4.78 is 9.58. The molecule has 1 aliphatic rings. The van der Waals surface area contributed by atoms with Crippen molar-refractivity contribution in [1.29, 1.82) is 0 Å². The number of carbonyl (C=O) groups excluding carboxylic acids is 1. The van der Waals surface area contributed by atoms with Gasteiger partial charge in [-0.15, -0.1) is 0 Å². The third-order valence-corrected chi connectivity index (χ3v) is 7.28. The van der Waals surface area contributed by atoms with Crippen LogP contribution in [0.5, 0.6) is 5.75 Å². The molecular formula is C32H31N5O2. The molecule has 0 fully saturated rings. The number of urea groups is 1. The molecule has 1 unspecified atom stereocenters. The minimum absolute atomic E-state index is 0.191. The van der Waals surface area contributed by atoms with Gasteiger partial charge in [0.2, 0.25) is 0 Å². The minimum Gasteiger partial charge on any atom is -0.497 e. The van der Waals surface area contributed by atoms with Gasteiger partial charge in [0.25, 0.3) is 0 Å². The maximum atomic E-state index is 14.1. The van der Waals surface area contributed by atoms with Crippen LogP contribution < -0.4 is 10.1 Å². The predicted molar refractivity (Wildman–Crippen MR) is 153 cm³/mol. The number of hydrogen-bond donors (Lipinski definition) is 1. The zero-order valence-electron chi connectivity index (χ0n) is 22.3. The zero-order valence-corrected chi connectivity index (χ0v) is 22.3. The summed E-state index contributed by atoms with van der Waals surface area (Å²) in [4.78, 5) is 16.0. The normalized spacial score (nSPS) is 14.3. The Balaban J connectivity index is 1.53. The fourth-order valence-electron chi connectivity index (χ4n) is 5.34. The summed E-state index contributed by atoms with van der Waals surface area (Å²) >= 11 is 0. The molecule has 1 atom stereocenters. The van der Waals surface area contributed by atoms with Gasteiger partial charge in [-0.2, -0.15) is 5.10 Å². The van der Waals surface area contributed by atoms with Crippen LogP contribution in [0.2, 0.25) is 0 Å². The van der Waals surface area contributed by atoms with Crippen LogP contribution in [-0.2, 0) is 13.0 Å². The standard InChI is InChI=1S/C32H31N5O2/c1-4-28-27-21-36(32(38)33-24-10-8-13-26(20-24)39-3)30(23-17-15-22(2)16-18-23)29-14-9-19-35(29)31(27)37(34-28)25-11-6-5-7-12-25/h5-20,30H,4,21H2,1-3H3,(H,33,38). The summed E-state index contributed by atoms with van der Waals surface area (Å²) in [6.07, 6.45) is 2.82. The number of benzene rings is 3. The summed E-state index contributed by atoms with van der Waals surface area (Å²) in [5.74, 6) is 1.65. The maximum absolute atomic E-state index is 14.1. The zero-order chi connectivity index (χ0) is 26.9. The highest BCUT2D eigenvalue weighted by Crippen LogP contribution is 2.39. The van der Waals surface area contributed by atoms with E-state index in [1.165, 1.54) is 5.56 Å². The number of rotatable bonds is 5. The topological polar surface area (TPSA) is 64.3 Å². The lowest BCUT2D eigenvalue weighted by molar-refractivity contribution is 0.194. The van der Waals surface area contributed by atoms with E-state index in [4.69, 9.17) is 9.84 Å². The first kappa shape index (κ1) is 24.6. The first-order valence-electron chi connectivity index (χ1n) is 13.2. The summed E-state index contributed by atoms with van der Waals surface area (Å²) in [7, 11) is 1.62. The van der Waals surface area contributed by atoms with E-state index in [0.29, 0.717) is 18.0 Å². The number of para-hydroxylation sites is 1. The Labute approximate surface area is 228 Å². The van der Waals surface area contributed by atoms with Crippen LogP contribution in [0.15, 0.2) is 97.2 Å². The van der Waals surface area contributed by atoms with Crippen molar-refractivity contribution in [3.63, 3.8) is 0 Å². The molecule has 0 aliphatic carbocycles. The van der Waals surface area contributed by atoms with Crippen molar-refractivity contribution < 1.29 is 9.53 Å². The molecule has 1 N–H and O–H groups in total. The molecule has 2 amide bonds. The van der Waals surface area contributed by atoms with Crippen molar-refractivity contribution in [3.05, 3.63) is 125 Å². The molecule has 1 aliphatic heterocycles. The first-order chi connectivity index (χ1) is 19.1. The number of amides is 2. The Morgan fingerprint density at radius 1 is 1.00 bits per heavy atom. The number of aryl methyl sites for hydroxylation is 2. The minimum atomic E-state index is -0.312. The number of ether oxygens (including phenoxy) is 1. The van der Waals surface area contributed by atoms with Crippen molar-refractivity contribution in [2.24, 2.45) is 0 Å². The molecule has 6 rings (SSSR count). The number of anilines is 1. The molecule has 0 spiro atoms. The van der Waals surface area contributed by atoms with E-state index in [1.807, 2.05) is 58.1 Å². The first-order valence-corrected chi connectivity index (χ1v) is 13.2. The molecule has 7 nitrogen and oxygen atoms in total. The van der Waals surface area contributed by atoms with E-state index in [-0.39, 0.29) is 12.1 Å². The van der Waals surface area contributed by atoms with Crippen LogP contribution in [0, 0.1) is 6.92 Å². The summed E-state index contributed by atoms with van der Waals surface area (Å²) in [6.45, 7) is 4.59. The largest absolute Gasteiger partial charge is 0.497 e. The number of fused-ring (bicyclic) bond motifs is 3. The van der Waals surface area contributed by atoms with Crippen molar-refractivity contribution in [2.75, 3.05) is 12.4 Å². The second kappa shape index (κ2) is 10.2. The van der Waals surface area contributed by atoms with E-state index >= 15 is 0 Å². The van der Waals surface area contributed by atoms with Crippen LogP contribution in [0.3, 0.4) is 0 Å². The van der Waals surface area contributed by atoms with Crippen LogP contribution in [0.25, 0.3) is 11.5 Å². The number of carbonyl (C=O) groups is 1. The second-order valence-corrected chi connectivity index (χ2v) is 9.76. The van der Waals surface area contributed by atoms with E-state index in [0.717, 1.165) is 40.4 Å². The van der Waals surface area contributed by atoms with Gasteiger partial charge >= 0.3 is 6.03 Å². The van der Waals surface area contributed by atoms with Gasteiger partial charge in [-0.25, -0.2) is 9.48 Å². The lowest BCUT2D eigenvalue weighted by atomic mass is 10.0. The van der Waals surface area contributed by atoms with Crippen LogP contribution in [0.4, 0.5) is 10.5 Å². The molecule has 196 valence electrons. The van der Waals surface area contributed by atoms with Gasteiger partial charge in [-0.05, 0) is 55.3 Å². The molecule has 2 aromatic heterocycles. The molecule has 0 radical (unpaired) electrons. The predicted octanol–water partition coefficient (Wildman–Crippen LogP) is 6.68. The third-order valence-electron chi connectivity index (χ3n) is 7.28. The number of nitrogens with zero attached hydrogens (tertiary/aromatic N) is 4. The average Bonchev–Trinajstić information content (AvgIpc) is 3.55. The summed E-state index contributed by atoms with van der Waals surface area (Å²) in [5, 5.41) is 8.16. The van der Waals surface area contributed by atoms with Crippen LogP contribution >= 0.6 is 0 Å². The van der Waals surface area contributed by atoms with Gasteiger partial charge in [0.15, 0.2) is 0 Å². The van der Waals surface area contributed by atoms with E-state index in [9.17, 15) is 4.79 Å². The number of nitrogens with one attached hydrogen (secondary N) is 1. The van der Waals surface area contributed by atoms with E-state index < -0.39 is 0 Å². The SMILES string of the molecule is CCc1nn(-c2ccccc2)c2c1CN(C(=O)Nc1cccc(OC)c1)C(c1ccc(C)cc1)c1cccn1-2. The van der Waals surface area contributed by atoms with E-state index in [2.05, 4.69) is 72.4 Å². The Morgan fingerprint density at radius 2 is 1.79 bits per heavy atom. The Bertz CT molecular complexity index is 1620. The van der Waals surface area contributed by atoms with Crippen molar-refractivity contribution >= 4 is 11.7 Å². The molecule has 3 aromatic carbocycles. The monoisotopic (exact) mass is 517 g/mol. The Kier molecular flexibility index (Phi) is 6.40. The van der Waals surface area contributed by atoms with E-state index in [1.54, 1.807) is 7.11 Å². The average molecular weight is 518 g/mol. The maximum Gasteiger partial charge on any atom is 0.322 e. The highest BCUT2D eigenvalue weighted by atomic mass is 16.5. The molecule has 39 heavy (non-hydrogen) atoms. The van der Waals surface area contributed by atoms with Gasteiger partial charge in [0.1, 0.15) is 11.6 Å². The molecule has 7 heteroatoms. The second-order valence-electron chi connectivity index (χ2n) is 9.76. The molecule has 0 bridgehead atoms. The smallest absolute Gasteiger partial charge is 0.322 e. The lowest BCUT2D eigenvalue weighted by Crippen LogP contribution is -2.38. The number of methoxy groups -OCH3 is 1. The summed E-state index contributed by atoms with van der Waals surface area (Å²) in [6, 6.07) is 29.7. The highest BCUT2D eigenvalue weighted by molar-refractivity contribution is 5.90. The van der Waals surface area contributed by atoms with Crippen molar-refractivity contribution in [1.82, 2.24) is 19.2 Å². The fourth-order valence-corrected chi connectivity index (χ4v) is 5.34. The van der Waals surface area contributed by atoms with Gasteiger partial charge in [0, 0.05) is 23.5 Å². The number of hydrogen-bond acceptors (Lipinski definition) is 3. The van der Waals surface area contributed by atoms with Crippen LogP contribution in [0.1, 0.15) is 41.0 Å². The molecular weight excluding hydrogens is 486 g/mol. The van der Waals surface area contributed by atoms with Gasteiger partial charge < -0.3 is 19.5 Å². The Morgan fingerprint density at radius 3 is 2.54 bits per heavy atom. The molecule has 3 heterocycles. The highest BCUT2D eigenvalue weighted by Gasteiger charge is 2.36. The summed E-state index contributed by atoms with van der Waals surface area (Å²) in [5.41, 5.74) is 6.88. The van der Waals surface area contributed by atoms with Gasteiger partial charge in [0.05, 0.1) is 36.8 Å². The molecule has 0 saturated carbocycles. The Hall–Kier alpha value is -4.78. The van der Waals surface area contributed by atoms with Gasteiger partial charge in [-0.3, -0.25) is 0 Å². The molecule has 5 aromatic rings. The fraction of sp³-hybridized carbons (Fsp3) is 0.188. The quantitative estimate of drug-likeness (QED) is 0.283. The van der Waals surface area contributed by atoms with Crippen molar-refractivity contribution in [3.8, 4) is 17.3 Å². The van der Waals surface area contributed by atoms with Crippen LogP contribution in [-0.4, -0.2) is 32.4 Å². The van der Waals surface area contributed by atoms with Gasteiger partial charge in [-0.1, -0.05) is 61.0 Å². The lowest BCUT2D eigenvalue weighted by Gasteiger charge is -2.31.